The van der Waals surface area contributed by atoms with E-state index in [0.717, 1.165) is 78.3 Å². The number of hydrogen-bond donors (Lipinski definition) is 0. The molecule has 0 N–H and O–H groups in total. The molecule has 0 unspecified atom stereocenters. The minimum atomic E-state index is 0.840. The van der Waals surface area contributed by atoms with Gasteiger partial charge in [0.05, 0.1) is 33.8 Å². The number of rotatable bonds is 6. The summed E-state index contributed by atoms with van der Waals surface area (Å²) in [4.78, 5) is 14.6. The van der Waals surface area contributed by atoms with Crippen molar-refractivity contribution in [3.8, 4) is 61.8 Å². The predicted octanol–water partition coefficient (Wildman–Crippen LogP) is 11.3. The first kappa shape index (κ1) is 28.6. The summed E-state index contributed by atoms with van der Waals surface area (Å²) in [5, 5.41) is 2.33. The lowest BCUT2D eigenvalue weighted by Gasteiger charge is -2.12. The molecule has 0 aliphatic rings. The van der Waals surface area contributed by atoms with E-state index in [1.165, 1.54) is 5.39 Å². The Kier molecular flexibility index (Phi) is 7.10. The molecule has 0 aliphatic heterocycles. The number of benzene rings is 5. The van der Waals surface area contributed by atoms with Crippen LogP contribution in [0, 0.1) is 0 Å². The first-order valence-corrected chi connectivity index (χ1v) is 16.4. The Balaban J connectivity index is 1.12. The van der Waals surface area contributed by atoms with Gasteiger partial charge in [-0.2, -0.15) is 0 Å². The molecule has 0 amide bonds. The van der Waals surface area contributed by atoms with E-state index in [-0.39, 0.29) is 0 Å². The highest BCUT2D eigenvalue weighted by Gasteiger charge is 2.15. The van der Waals surface area contributed by atoms with Crippen LogP contribution in [-0.4, -0.2) is 19.5 Å². The highest BCUT2D eigenvalue weighted by molar-refractivity contribution is 6.10. The van der Waals surface area contributed by atoms with E-state index in [1.807, 2.05) is 48.8 Å². The van der Waals surface area contributed by atoms with Crippen LogP contribution in [0.1, 0.15) is 0 Å². The third kappa shape index (κ3) is 5.35. The fourth-order valence-electron chi connectivity index (χ4n) is 6.69. The molecule has 0 fully saturated rings. The third-order valence-corrected chi connectivity index (χ3v) is 9.11. The maximum Gasteiger partial charge on any atom is 0.0900 e. The second kappa shape index (κ2) is 12.2. The Morgan fingerprint density at radius 2 is 0.918 bits per heavy atom. The lowest BCUT2D eigenvalue weighted by Crippen LogP contribution is -1.94. The summed E-state index contributed by atoms with van der Waals surface area (Å²) in [5.41, 5.74) is 13.7. The summed E-state index contributed by atoms with van der Waals surface area (Å²) >= 11 is 0. The van der Waals surface area contributed by atoms with Crippen LogP contribution < -0.4 is 0 Å². The Morgan fingerprint density at radius 1 is 0.347 bits per heavy atom. The first-order chi connectivity index (χ1) is 24.3. The molecule has 0 radical (unpaired) electrons. The summed E-state index contributed by atoms with van der Waals surface area (Å²) in [6.45, 7) is 0. The summed E-state index contributed by atoms with van der Waals surface area (Å²) in [6.07, 6.45) is 3.84. The maximum absolute atomic E-state index is 5.11. The van der Waals surface area contributed by atoms with Crippen molar-refractivity contribution < 1.29 is 0 Å². The standard InChI is InChI=1S/C45H30N4/c1-4-11-33(12-5-1)40-17-10-18-41(47-40)43-29-36(28-42(48-43)34-13-6-2-7-14-34)32-21-19-31(20-22-32)35-23-24-44-38(27-35)39-30-46-26-25-45(39)49(44)37-15-8-3-9-16-37/h1-30H. The van der Waals surface area contributed by atoms with Gasteiger partial charge in [-0.05, 0) is 76.9 Å². The van der Waals surface area contributed by atoms with Gasteiger partial charge in [0.1, 0.15) is 0 Å². The second-order valence-electron chi connectivity index (χ2n) is 12.1. The van der Waals surface area contributed by atoms with Gasteiger partial charge in [0, 0.05) is 40.0 Å². The molecule has 4 nitrogen and oxygen atoms in total. The van der Waals surface area contributed by atoms with E-state index in [4.69, 9.17) is 9.97 Å². The average Bonchev–Trinajstić information content (AvgIpc) is 3.52. The molecule has 4 heteroatoms. The molecule has 0 saturated heterocycles. The molecule has 49 heavy (non-hydrogen) atoms. The number of aromatic nitrogens is 4. The number of fused-ring (bicyclic) bond motifs is 3. The van der Waals surface area contributed by atoms with Gasteiger partial charge < -0.3 is 4.57 Å². The van der Waals surface area contributed by atoms with E-state index < -0.39 is 0 Å². The van der Waals surface area contributed by atoms with Gasteiger partial charge in [-0.25, -0.2) is 9.97 Å². The second-order valence-corrected chi connectivity index (χ2v) is 12.1. The first-order valence-electron chi connectivity index (χ1n) is 16.4. The van der Waals surface area contributed by atoms with Crippen LogP contribution in [0.25, 0.3) is 83.6 Å². The monoisotopic (exact) mass is 626 g/mol. The number of nitrogens with zero attached hydrogens (tertiary/aromatic N) is 4. The van der Waals surface area contributed by atoms with Crippen molar-refractivity contribution in [3.63, 3.8) is 0 Å². The zero-order chi connectivity index (χ0) is 32.6. The summed E-state index contributed by atoms with van der Waals surface area (Å²) in [5.74, 6) is 0. The van der Waals surface area contributed by atoms with Crippen LogP contribution in [0.4, 0.5) is 0 Å². The fraction of sp³-hybridized carbons (Fsp3) is 0. The van der Waals surface area contributed by atoms with E-state index in [9.17, 15) is 0 Å². The minimum absolute atomic E-state index is 0.840. The summed E-state index contributed by atoms with van der Waals surface area (Å²) in [7, 11) is 0. The Labute approximate surface area is 284 Å². The molecule has 230 valence electrons. The van der Waals surface area contributed by atoms with Crippen molar-refractivity contribution in [2.75, 3.05) is 0 Å². The Bertz CT molecular complexity index is 2570. The molecule has 0 aliphatic carbocycles. The molecule has 9 rings (SSSR count). The summed E-state index contributed by atoms with van der Waals surface area (Å²) < 4.78 is 2.31. The number of para-hydroxylation sites is 1. The zero-order valence-corrected chi connectivity index (χ0v) is 26.6. The molecule has 5 aromatic carbocycles. The minimum Gasteiger partial charge on any atom is -0.309 e. The quantitative estimate of drug-likeness (QED) is 0.184. The van der Waals surface area contributed by atoms with Gasteiger partial charge in [-0.15, -0.1) is 0 Å². The number of pyridine rings is 3. The molecule has 0 atom stereocenters. The third-order valence-electron chi connectivity index (χ3n) is 9.11. The van der Waals surface area contributed by atoms with E-state index in [0.29, 0.717) is 0 Å². The van der Waals surface area contributed by atoms with Crippen LogP contribution in [-0.2, 0) is 0 Å². The molecule has 9 aromatic rings. The maximum atomic E-state index is 5.11. The van der Waals surface area contributed by atoms with Crippen molar-refractivity contribution in [1.82, 2.24) is 19.5 Å². The largest absolute Gasteiger partial charge is 0.309 e. The van der Waals surface area contributed by atoms with Crippen molar-refractivity contribution >= 4 is 21.8 Å². The molecule has 4 heterocycles. The smallest absolute Gasteiger partial charge is 0.0900 e. The lowest BCUT2D eigenvalue weighted by molar-refractivity contribution is 1.17. The summed E-state index contributed by atoms with van der Waals surface area (Å²) in [6, 6.07) is 59.2. The van der Waals surface area contributed by atoms with Crippen LogP contribution >= 0.6 is 0 Å². The SMILES string of the molecule is c1ccc(-c2cccc(-c3cc(-c4ccc(-c5ccc6c(c5)c5cnccc5n6-c5ccccc5)cc4)cc(-c4ccccc4)n3)n2)cc1. The van der Waals surface area contributed by atoms with Gasteiger partial charge in [0.25, 0.3) is 0 Å². The topological polar surface area (TPSA) is 43.6 Å². The van der Waals surface area contributed by atoms with Gasteiger partial charge >= 0.3 is 0 Å². The van der Waals surface area contributed by atoms with Crippen LogP contribution in [0.15, 0.2) is 182 Å². The van der Waals surface area contributed by atoms with Crippen LogP contribution in [0.5, 0.6) is 0 Å². The van der Waals surface area contributed by atoms with Crippen molar-refractivity contribution in [2.24, 2.45) is 0 Å². The van der Waals surface area contributed by atoms with E-state index >= 15 is 0 Å². The molecular formula is C45H30N4. The van der Waals surface area contributed by atoms with E-state index in [1.54, 1.807) is 0 Å². The molecule has 0 bridgehead atoms. The van der Waals surface area contributed by atoms with Gasteiger partial charge in [-0.1, -0.05) is 115 Å². The highest BCUT2D eigenvalue weighted by atomic mass is 15.0. The number of hydrogen-bond acceptors (Lipinski definition) is 3. The molecule has 0 spiro atoms. The Morgan fingerprint density at radius 3 is 1.65 bits per heavy atom. The highest BCUT2D eigenvalue weighted by Crippen LogP contribution is 2.36. The van der Waals surface area contributed by atoms with Gasteiger partial charge in [-0.3, -0.25) is 4.98 Å². The molecule has 4 aromatic heterocycles. The van der Waals surface area contributed by atoms with Gasteiger partial charge in [0.15, 0.2) is 0 Å². The fourth-order valence-corrected chi connectivity index (χ4v) is 6.69. The zero-order valence-electron chi connectivity index (χ0n) is 26.6. The van der Waals surface area contributed by atoms with Crippen molar-refractivity contribution in [1.29, 1.82) is 0 Å². The van der Waals surface area contributed by atoms with Crippen molar-refractivity contribution in [2.45, 2.75) is 0 Å². The molecular weight excluding hydrogens is 597 g/mol. The van der Waals surface area contributed by atoms with Crippen LogP contribution in [0.3, 0.4) is 0 Å². The van der Waals surface area contributed by atoms with E-state index in [2.05, 4.69) is 143 Å². The average molecular weight is 627 g/mol. The normalized spacial score (nSPS) is 11.3. The molecule has 0 saturated carbocycles. The van der Waals surface area contributed by atoms with Crippen LogP contribution in [0.2, 0.25) is 0 Å². The lowest BCUT2D eigenvalue weighted by atomic mass is 9.97. The van der Waals surface area contributed by atoms with Crippen molar-refractivity contribution in [3.05, 3.63) is 182 Å². The Hall–Kier alpha value is -6.65. The predicted molar refractivity (Wildman–Crippen MR) is 201 cm³/mol. The van der Waals surface area contributed by atoms with Gasteiger partial charge in [0.2, 0.25) is 0 Å².